The molecule has 41 heavy (non-hydrogen) atoms. The number of nitrogens with zero attached hydrogens (tertiary/aromatic N) is 1. The average Bonchev–Trinajstić information content (AvgIpc) is 3.57. The molecule has 2 heterocycles. The molecule has 8 nitrogen and oxygen atoms in total. The second-order valence-corrected chi connectivity index (χ2v) is 11.3. The number of hydrogen-bond acceptors (Lipinski definition) is 7. The number of allylic oxidation sites excluding steroid dienone is 2. The standard InChI is InChI=1S/C33H41NO7/c1-3-4-7-10-24(39-37)15-16-26-25(29-21-30(26)41-40-29)11-8-5-6-9-12-33(36)34-27-17-13-22(2)19-31(27)38-32-20-23(35)14-18-28(32)34/h5,8,13-20,24-26,29-30,35,37H,3-4,6-7,9-12,21H2,1-2H3/b8-5-,16-15+/t24-,25?,26+,29-,30+/m0/s1. The molecular formula is C33H41NO7. The van der Waals surface area contributed by atoms with Crippen molar-refractivity contribution in [1.82, 2.24) is 0 Å². The number of carbonyl (C=O) groups is 1. The summed E-state index contributed by atoms with van der Waals surface area (Å²) in [7, 11) is 0. The third-order valence-electron chi connectivity index (χ3n) is 8.29. The molecule has 1 saturated heterocycles. The Balaban J connectivity index is 1.14. The number of ether oxygens (including phenoxy) is 1. The van der Waals surface area contributed by atoms with E-state index < -0.39 is 0 Å². The lowest BCUT2D eigenvalue weighted by Crippen LogP contribution is -2.29. The van der Waals surface area contributed by atoms with Crippen LogP contribution in [0.4, 0.5) is 11.4 Å². The van der Waals surface area contributed by atoms with Gasteiger partial charge in [-0.05, 0) is 62.4 Å². The van der Waals surface area contributed by atoms with Crippen molar-refractivity contribution in [3.8, 4) is 17.2 Å². The van der Waals surface area contributed by atoms with Crippen LogP contribution in [0.5, 0.6) is 17.2 Å². The summed E-state index contributed by atoms with van der Waals surface area (Å²) in [5.41, 5.74) is 2.38. The van der Waals surface area contributed by atoms with E-state index in [0.717, 1.165) is 50.5 Å². The van der Waals surface area contributed by atoms with Gasteiger partial charge in [0.05, 0.1) is 17.5 Å². The number of anilines is 2. The fourth-order valence-corrected chi connectivity index (χ4v) is 6.08. The number of aromatic hydroxyl groups is 1. The van der Waals surface area contributed by atoms with E-state index in [-0.39, 0.29) is 35.9 Å². The second-order valence-electron chi connectivity index (χ2n) is 11.3. The summed E-state index contributed by atoms with van der Waals surface area (Å²) in [6.45, 7) is 4.13. The second kappa shape index (κ2) is 13.7. The number of fused-ring (bicyclic) bond motifs is 4. The van der Waals surface area contributed by atoms with Crippen molar-refractivity contribution in [2.75, 3.05) is 4.90 Å². The first kappa shape index (κ1) is 29.3. The number of benzene rings is 2. The zero-order valence-corrected chi connectivity index (χ0v) is 23.9. The molecule has 1 saturated carbocycles. The normalized spacial score (nSPS) is 23.6. The van der Waals surface area contributed by atoms with Crippen LogP contribution in [0.15, 0.2) is 60.7 Å². The molecule has 5 rings (SSSR count). The van der Waals surface area contributed by atoms with Gasteiger partial charge in [-0.15, -0.1) is 0 Å². The number of unbranched alkanes of at least 4 members (excludes halogenated alkanes) is 3. The molecule has 2 N–H and O–H groups in total. The summed E-state index contributed by atoms with van der Waals surface area (Å²) >= 11 is 0. The summed E-state index contributed by atoms with van der Waals surface area (Å²) in [6.07, 6.45) is 15.9. The molecule has 1 amide bonds. The monoisotopic (exact) mass is 563 g/mol. The first-order chi connectivity index (χ1) is 20.0. The Morgan fingerprint density at radius 1 is 1.07 bits per heavy atom. The summed E-state index contributed by atoms with van der Waals surface area (Å²) in [5.74, 6) is 1.68. The number of phenolic OH excluding ortho intramolecular Hbond substituents is 1. The van der Waals surface area contributed by atoms with Crippen molar-refractivity contribution in [2.24, 2.45) is 11.8 Å². The Kier molecular flexibility index (Phi) is 9.77. The summed E-state index contributed by atoms with van der Waals surface area (Å²) in [4.78, 5) is 30.8. The van der Waals surface area contributed by atoms with Crippen LogP contribution in [-0.2, 0) is 19.5 Å². The topological polar surface area (TPSA) is 97.7 Å². The molecule has 2 bridgehead atoms. The highest BCUT2D eigenvalue weighted by atomic mass is 17.2. The van der Waals surface area contributed by atoms with Crippen molar-refractivity contribution >= 4 is 17.3 Å². The quantitative estimate of drug-likeness (QED) is 0.111. The van der Waals surface area contributed by atoms with Gasteiger partial charge in [-0.1, -0.05) is 56.6 Å². The molecule has 0 radical (unpaired) electrons. The van der Waals surface area contributed by atoms with Crippen LogP contribution in [0, 0.1) is 18.8 Å². The molecule has 1 aliphatic carbocycles. The van der Waals surface area contributed by atoms with Crippen molar-refractivity contribution in [2.45, 2.75) is 89.9 Å². The molecule has 8 heteroatoms. The largest absolute Gasteiger partial charge is 0.508 e. The van der Waals surface area contributed by atoms with Gasteiger partial charge in [0, 0.05) is 30.7 Å². The minimum Gasteiger partial charge on any atom is -0.508 e. The Bertz CT molecular complexity index is 1210. The SMILES string of the molecule is CCCCC[C@@H](/C=C/[C@@H]1C(C/C=C\CCCC(=O)N2c3ccc(C)cc3Oc3cc(O)ccc32)[C@@H]2C[C@H]1OO2)OO. The molecule has 2 fully saturated rings. The van der Waals surface area contributed by atoms with Gasteiger partial charge in [0.15, 0.2) is 11.5 Å². The lowest BCUT2D eigenvalue weighted by atomic mass is 9.89. The minimum absolute atomic E-state index is 0.0119. The van der Waals surface area contributed by atoms with Crippen LogP contribution in [0.2, 0.25) is 0 Å². The number of hydrogen-bond donors (Lipinski definition) is 2. The molecular weight excluding hydrogens is 522 g/mol. The maximum absolute atomic E-state index is 13.4. The molecule has 2 aromatic carbocycles. The van der Waals surface area contributed by atoms with Crippen LogP contribution in [-0.4, -0.2) is 34.6 Å². The van der Waals surface area contributed by atoms with Gasteiger partial charge >= 0.3 is 0 Å². The maximum atomic E-state index is 13.4. The molecule has 0 aromatic heterocycles. The number of phenols is 1. The van der Waals surface area contributed by atoms with E-state index in [1.165, 1.54) is 0 Å². The first-order valence-electron chi connectivity index (χ1n) is 14.9. The number of aryl methyl sites for hydroxylation is 1. The lowest BCUT2D eigenvalue weighted by Gasteiger charge is -2.31. The number of amides is 1. The van der Waals surface area contributed by atoms with Gasteiger partial charge < -0.3 is 9.84 Å². The molecule has 5 atom stereocenters. The Hall–Kier alpha value is -3.17. The summed E-state index contributed by atoms with van der Waals surface area (Å²) < 4.78 is 6.01. The van der Waals surface area contributed by atoms with Gasteiger partial charge in [-0.2, -0.15) is 0 Å². The van der Waals surface area contributed by atoms with Crippen molar-refractivity contribution in [3.05, 3.63) is 66.3 Å². The zero-order chi connectivity index (χ0) is 28.8. The Morgan fingerprint density at radius 3 is 2.66 bits per heavy atom. The first-order valence-corrected chi connectivity index (χ1v) is 14.9. The van der Waals surface area contributed by atoms with E-state index in [0.29, 0.717) is 41.6 Å². The zero-order valence-electron chi connectivity index (χ0n) is 23.9. The molecule has 3 aliphatic rings. The van der Waals surface area contributed by atoms with E-state index in [4.69, 9.17) is 14.5 Å². The van der Waals surface area contributed by atoms with E-state index in [1.807, 2.05) is 31.2 Å². The van der Waals surface area contributed by atoms with Gasteiger partial charge in [-0.25, -0.2) is 14.7 Å². The van der Waals surface area contributed by atoms with Gasteiger partial charge in [-0.3, -0.25) is 15.0 Å². The minimum atomic E-state index is -0.296. The van der Waals surface area contributed by atoms with Crippen molar-refractivity contribution < 1.29 is 34.6 Å². The van der Waals surface area contributed by atoms with E-state index in [2.05, 4.69) is 30.0 Å². The molecule has 0 spiro atoms. The highest BCUT2D eigenvalue weighted by molar-refractivity contribution is 6.04. The van der Waals surface area contributed by atoms with E-state index >= 15 is 0 Å². The van der Waals surface area contributed by atoms with Crippen LogP contribution in [0.25, 0.3) is 0 Å². The van der Waals surface area contributed by atoms with Gasteiger partial charge in [0.2, 0.25) is 5.91 Å². The summed E-state index contributed by atoms with van der Waals surface area (Å²) in [5, 5.41) is 19.2. The van der Waals surface area contributed by atoms with Crippen LogP contribution in [0.1, 0.15) is 70.3 Å². The molecule has 1 unspecified atom stereocenters. The highest BCUT2D eigenvalue weighted by Crippen LogP contribution is 2.48. The molecule has 2 aliphatic heterocycles. The van der Waals surface area contributed by atoms with Crippen molar-refractivity contribution in [1.29, 1.82) is 0 Å². The molecule has 220 valence electrons. The fraction of sp³-hybridized carbons (Fsp3) is 0.485. The van der Waals surface area contributed by atoms with Crippen LogP contribution >= 0.6 is 0 Å². The Morgan fingerprint density at radius 2 is 1.85 bits per heavy atom. The highest BCUT2D eigenvalue weighted by Gasteiger charge is 2.49. The van der Waals surface area contributed by atoms with E-state index in [1.54, 1.807) is 23.1 Å². The van der Waals surface area contributed by atoms with Crippen LogP contribution < -0.4 is 9.64 Å². The smallest absolute Gasteiger partial charge is 0.231 e. The maximum Gasteiger partial charge on any atom is 0.231 e. The van der Waals surface area contributed by atoms with E-state index in [9.17, 15) is 15.2 Å². The van der Waals surface area contributed by atoms with Gasteiger partial charge in [0.1, 0.15) is 18.0 Å². The predicted octanol–water partition coefficient (Wildman–Crippen LogP) is 7.92. The number of rotatable bonds is 13. The predicted molar refractivity (Wildman–Crippen MR) is 156 cm³/mol. The third-order valence-corrected chi connectivity index (χ3v) is 8.29. The number of carbonyl (C=O) groups excluding carboxylic acids is 1. The van der Waals surface area contributed by atoms with Gasteiger partial charge in [0.25, 0.3) is 0 Å². The average molecular weight is 564 g/mol. The van der Waals surface area contributed by atoms with Crippen molar-refractivity contribution in [3.63, 3.8) is 0 Å². The third kappa shape index (κ3) is 6.84. The lowest BCUT2D eigenvalue weighted by molar-refractivity contribution is -0.336. The molecule has 2 aromatic rings. The fourth-order valence-electron chi connectivity index (χ4n) is 6.08. The summed E-state index contributed by atoms with van der Waals surface area (Å²) in [6, 6.07) is 10.6. The van der Waals surface area contributed by atoms with Crippen LogP contribution in [0.3, 0.4) is 0 Å². The Labute approximate surface area is 242 Å².